The lowest BCUT2D eigenvalue weighted by atomic mass is 10.1. The maximum Gasteiger partial charge on any atom is 0.238 e. The highest BCUT2D eigenvalue weighted by atomic mass is 32.2. The number of anilines is 1. The van der Waals surface area contributed by atoms with Crippen molar-refractivity contribution in [3.8, 4) is 6.07 Å². The van der Waals surface area contributed by atoms with E-state index >= 15 is 0 Å². The minimum Gasteiger partial charge on any atom is -0.350 e. The Hall–Kier alpha value is -2.04. The third kappa shape index (κ3) is 8.57. The molecule has 0 radical (unpaired) electrons. The van der Waals surface area contributed by atoms with Crippen molar-refractivity contribution in [3.63, 3.8) is 0 Å². The molecule has 0 saturated heterocycles. The highest BCUT2D eigenvalue weighted by molar-refractivity contribution is 7.99. The number of amides is 2. The quantitative estimate of drug-likeness (QED) is 0.694. The summed E-state index contributed by atoms with van der Waals surface area (Å²) in [6, 6.07) is 9.45. The zero-order chi connectivity index (χ0) is 18.9. The topological polar surface area (TPSA) is 85.2 Å². The number of para-hydroxylation sites is 1. The van der Waals surface area contributed by atoms with Gasteiger partial charge in [0.2, 0.25) is 11.8 Å². The summed E-state index contributed by atoms with van der Waals surface area (Å²) < 4.78 is 0. The minimum absolute atomic E-state index is 0.105. The smallest absolute Gasteiger partial charge is 0.238 e. The second kappa shape index (κ2) is 10.1. The number of hydrogen-bond donors (Lipinski definition) is 2. The first-order chi connectivity index (χ1) is 11.7. The van der Waals surface area contributed by atoms with Crippen molar-refractivity contribution in [1.29, 1.82) is 5.26 Å². The Labute approximate surface area is 154 Å². The number of hydrogen-bond acceptors (Lipinski definition) is 5. The van der Waals surface area contributed by atoms with Crippen LogP contribution in [0, 0.1) is 11.3 Å². The number of carbonyl (C=O) groups is 2. The molecule has 0 aliphatic heterocycles. The normalized spacial score (nSPS) is 11.0. The molecule has 0 aromatic heterocycles. The van der Waals surface area contributed by atoms with Gasteiger partial charge in [0.15, 0.2) is 0 Å². The highest BCUT2D eigenvalue weighted by Gasteiger charge is 2.18. The van der Waals surface area contributed by atoms with Gasteiger partial charge in [-0.25, -0.2) is 0 Å². The number of carbonyl (C=O) groups excluding carboxylic acids is 2. The fraction of sp³-hybridized carbons (Fsp3) is 0.500. The van der Waals surface area contributed by atoms with Crippen molar-refractivity contribution in [2.24, 2.45) is 0 Å². The number of rotatable bonds is 8. The van der Waals surface area contributed by atoms with Crippen LogP contribution in [0.25, 0.3) is 0 Å². The monoisotopic (exact) mass is 362 g/mol. The van der Waals surface area contributed by atoms with Crippen molar-refractivity contribution in [3.05, 3.63) is 24.3 Å². The molecule has 0 spiro atoms. The molecule has 0 aliphatic carbocycles. The van der Waals surface area contributed by atoms with Gasteiger partial charge in [-0.05, 0) is 39.4 Å². The Morgan fingerprint density at radius 3 is 2.44 bits per heavy atom. The summed E-state index contributed by atoms with van der Waals surface area (Å²) in [6.45, 7) is 8.57. The van der Waals surface area contributed by atoms with Gasteiger partial charge in [-0.3, -0.25) is 14.5 Å². The van der Waals surface area contributed by atoms with Gasteiger partial charge in [-0.1, -0.05) is 19.1 Å². The zero-order valence-electron chi connectivity index (χ0n) is 15.3. The van der Waals surface area contributed by atoms with E-state index in [1.54, 1.807) is 11.0 Å². The lowest BCUT2D eigenvalue weighted by molar-refractivity contribution is -0.124. The van der Waals surface area contributed by atoms with E-state index in [-0.39, 0.29) is 30.4 Å². The number of nitrogens with zero attached hydrogens (tertiary/aromatic N) is 2. The average Bonchev–Trinajstić information content (AvgIpc) is 2.51. The maximum absolute atomic E-state index is 12.3. The average molecular weight is 362 g/mol. The lowest BCUT2D eigenvalue weighted by Crippen LogP contribution is -2.47. The largest absolute Gasteiger partial charge is 0.350 e. The van der Waals surface area contributed by atoms with Gasteiger partial charge in [0.05, 0.1) is 30.6 Å². The van der Waals surface area contributed by atoms with Crippen LogP contribution in [0.1, 0.15) is 27.7 Å². The molecule has 0 aliphatic rings. The van der Waals surface area contributed by atoms with Crippen LogP contribution >= 0.6 is 11.8 Å². The summed E-state index contributed by atoms with van der Waals surface area (Å²) in [7, 11) is 0. The second-order valence-corrected chi connectivity index (χ2v) is 7.61. The minimum atomic E-state index is -0.296. The molecule has 0 heterocycles. The van der Waals surface area contributed by atoms with Crippen LogP contribution in [0.15, 0.2) is 29.2 Å². The van der Waals surface area contributed by atoms with E-state index in [0.29, 0.717) is 18.0 Å². The van der Waals surface area contributed by atoms with Gasteiger partial charge in [-0.15, -0.1) is 11.8 Å². The molecule has 1 aromatic carbocycles. The first-order valence-corrected chi connectivity index (χ1v) is 9.15. The summed E-state index contributed by atoms with van der Waals surface area (Å²) in [5.74, 6) is 0.0311. The summed E-state index contributed by atoms with van der Waals surface area (Å²) in [5, 5.41) is 14.5. The number of thioether (sulfide) groups is 1. The molecular formula is C18H26N4O2S. The van der Waals surface area contributed by atoms with E-state index in [4.69, 9.17) is 5.26 Å². The van der Waals surface area contributed by atoms with E-state index < -0.39 is 0 Å². The molecule has 0 unspecified atom stereocenters. The number of benzene rings is 1. The van der Waals surface area contributed by atoms with Gasteiger partial charge in [0.25, 0.3) is 0 Å². The predicted molar refractivity (Wildman–Crippen MR) is 101 cm³/mol. The van der Waals surface area contributed by atoms with Gasteiger partial charge in [-0.2, -0.15) is 5.26 Å². The first kappa shape index (κ1) is 21.0. The lowest BCUT2D eigenvalue weighted by Gasteiger charge is -2.24. The van der Waals surface area contributed by atoms with Crippen molar-refractivity contribution in [2.45, 2.75) is 38.1 Å². The highest BCUT2D eigenvalue weighted by Crippen LogP contribution is 2.26. The second-order valence-electron chi connectivity index (χ2n) is 6.59. The van der Waals surface area contributed by atoms with Crippen molar-refractivity contribution in [1.82, 2.24) is 10.2 Å². The Morgan fingerprint density at radius 1 is 1.20 bits per heavy atom. The third-order valence-corrected chi connectivity index (χ3v) is 4.09. The van der Waals surface area contributed by atoms with E-state index in [2.05, 4.69) is 16.7 Å². The number of nitrogens with one attached hydrogen (secondary N) is 2. The summed E-state index contributed by atoms with van der Waals surface area (Å²) >= 11 is 1.38. The Bertz CT molecular complexity index is 635. The van der Waals surface area contributed by atoms with Crippen LogP contribution in [0.5, 0.6) is 0 Å². The van der Waals surface area contributed by atoms with Crippen LogP contribution in [0.4, 0.5) is 5.69 Å². The molecule has 1 aromatic rings. The fourth-order valence-corrected chi connectivity index (χ4v) is 2.81. The first-order valence-electron chi connectivity index (χ1n) is 8.17. The van der Waals surface area contributed by atoms with Crippen molar-refractivity contribution >= 4 is 29.3 Å². The molecule has 2 amide bonds. The van der Waals surface area contributed by atoms with Gasteiger partial charge >= 0.3 is 0 Å². The maximum atomic E-state index is 12.3. The molecule has 7 heteroatoms. The molecule has 0 fully saturated rings. The van der Waals surface area contributed by atoms with Gasteiger partial charge in [0, 0.05) is 10.4 Å². The summed E-state index contributed by atoms with van der Waals surface area (Å²) in [4.78, 5) is 27.0. The van der Waals surface area contributed by atoms with Crippen LogP contribution in [-0.4, -0.2) is 47.6 Å². The van der Waals surface area contributed by atoms with Crippen LogP contribution in [0.2, 0.25) is 0 Å². The van der Waals surface area contributed by atoms with E-state index in [0.717, 1.165) is 4.90 Å². The summed E-state index contributed by atoms with van der Waals surface area (Å²) in [5.41, 5.74) is 0.387. The molecule has 0 saturated carbocycles. The van der Waals surface area contributed by atoms with E-state index in [1.807, 2.05) is 45.9 Å². The van der Waals surface area contributed by atoms with Crippen LogP contribution in [0.3, 0.4) is 0 Å². The molecule has 0 atom stereocenters. The van der Waals surface area contributed by atoms with Crippen LogP contribution in [-0.2, 0) is 9.59 Å². The van der Waals surface area contributed by atoms with E-state index in [9.17, 15) is 9.59 Å². The molecule has 25 heavy (non-hydrogen) atoms. The standard InChI is InChI=1S/C18H26N4O2S/c1-5-22(13-17(24)21-18(2,3)4)12-16(23)20-14-8-6-7-9-15(14)25-11-10-19/h6-9H,5,11-13H2,1-4H3,(H,20,23)(H,21,24). The van der Waals surface area contributed by atoms with Gasteiger partial charge in [0.1, 0.15) is 0 Å². The molecular weight excluding hydrogens is 336 g/mol. The molecule has 136 valence electrons. The Balaban J connectivity index is 2.62. The third-order valence-electron chi connectivity index (χ3n) is 3.15. The van der Waals surface area contributed by atoms with E-state index in [1.165, 1.54) is 11.8 Å². The zero-order valence-corrected chi connectivity index (χ0v) is 16.1. The predicted octanol–water partition coefficient (Wildman–Crippen LogP) is 2.48. The molecule has 1 rings (SSSR count). The SMILES string of the molecule is CCN(CC(=O)Nc1ccccc1SCC#N)CC(=O)NC(C)(C)C. The van der Waals surface area contributed by atoms with Crippen LogP contribution < -0.4 is 10.6 Å². The Morgan fingerprint density at radius 2 is 1.84 bits per heavy atom. The number of nitriles is 1. The molecule has 0 bridgehead atoms. The summed E-state index contributed by atoms with van der Waals surface area (Å²) in [6.07, 6.45) is 0. The Kier molecular flexibility index (Phi) is 8.46. The molecule has 6 nitrogen and oxygen atoms in total. The van der Waals surface area contributed by atoms with Crippen molar-refractivity contribution in [2.75, 3.05) is 30.7 Å². The fourth-order valence-electron chi connectivity index (χ4n) is 2.14. The van der Waals surface area contributed by atoms with Crippen molar-refractivity contribution < 1.29 is 9.59 Å². The molecule has 2 N–H and O–H groups in total. The van der Waals surface area contributed by atoms with Gasteiger partial charge < -0.3 is 10.6 Å². The number of likely N-dealkylation sites (N-methyl/N-ethyl adjacent to an activating group) is 1.